The fourth-order valence-electron chi connectivity index (χ4n) is 3.48. The highest BCUT2D eigenvalue weighted by atomic mass is 79.9. The Balaban J connectivity index is 2.66. The van der Waals surface area contributed by atoms with Crippen molar-refractivity contribution in [2.45, 2.75) is 44.4 Å². The zero-order chi connectivity index (χ0) is 14.8. The summed E-state index contributed by atoms with van der Waals surface area (Å²) in [6.07, 6.45) is 6.01. The molecule has 2 rings (SSSR count). The number of rotatable bonds is 4. The van der Waals surface area contributed by atoms with Crippen LogP contribution in [-0.4, -0.2) is 20.8 Å². The van der Waals surface area contributed by atoms with Crippen molar-refractivity contribution in [3.8, 4) is 11.5 Å². The highest BCUT2D eigenvalue weighted by Crippen LogP contribution is 2.49. The second kappa shape index (κ2) is 6.35. The number of methoxy groups -OCH3 is 2. The molecule has 0 aliphatic heterocycles. The minimum atomic E-state index is 0.0186. The average molecular weight is 342 g/mol. The first-order chi connectivity index (χ1) is 9.59. The molecule has 112 valence electrons. The van der Waals surface area contributed by atoms with E-state index in [9.17, 15) is 0 Å². The molecular formula is C16H24BrNO2. The maximum Gasteiger partial charge on any atom is 0.164 e. The van der Waals surface area contributed by atoms with E-state index in [-0.39, 0.29) is 5.41 Å². The van der Waals surface area contributed by atoms with Gasteiger partial charge in [0.1, 0.15) is 0 Å². The topological polar surface area (TPSA) is 44.5 Å². The van der Waals surface area contributed by atoms with Gasteiger partial charge in [0, 0.05) is 22.0 Å². The van der Waals surface area contributed by atoms with Crippen LogP contribution < -0.4 is 15.2 Å². The lowest BCUT2D eigenvalue weighted by molar-refractivity contribution is 0.279. The van der Waals surface area contributed by atoms with Gasteiger partial charge < -0.3 is 15.2 Å². The molecule has 0 aromatic heterocycles. The van der Waals surface area contributed by atoms with E-state index in [2.05, 4.69) is 22.9 Å². The van der Waals surface area contributed by atoms with Gasteiger partial charge in [-0.3, -0.25) is 0 Å². The molecule has 0 heterocycles. The van der Waals surface area contributed by atoms with Gasteiger partial charge in [0.15, 0.2) is 11.5 Å². The van der Waals surface area contributed by atoms with Crippen molar-refractivity contribution in [2.75, 3.05) is 20.8 Å². The normalized spacial score (nSPS) is 17.9. The van der Waals surface area contributed by atoms with Gasteiger partial charge in [0.2, 0.25) is 0 Å². The van der Waals surface area contributed by atoms with E-state index in [0.29, 0.717) is 6.54 Å². The molecule has 2 N–H and O–H groups in total. The number of ether oxygens (including phenoxy) is 2. The highest BCUT2D eigenvalue weighted by molar-refractivity contribution is 9.10. The summed E-state index contributed by atoms with van der Waals surface area (Å²) >= 11 is 3.64. The molecule has 1 aromatic carbocycles. The molecule has 1 aromatic rings. The van der Waals surface area contributed by atoms with Crippen molar-refractivity contribution < 1.29 is 9.47 Å². The van der Waals surface area contributed by atoms with Crippen LogP contribution in [0.3, 0.4) is 0 Å². The van der Waals surface area contributed by atoms with Crippen molar-refractivity contribution in [2.24, 2.45) is 5.73 Å². The Labute approximate surface area is 130 Å². The number of halogens is 1. The van der Waals surface area contributed by atoms with E-state index in [0.717, 1.165) is 28.8 Å². The summed E-state index contributed by atoms with van der Waals surface area (Å²) in [4.78, 5) is 0. The summed E-state index contributed by atoms with van der Waals surface area (Å²) in [5.74, 6) is 1.62. The first kappa shape index (κ1) is 15.6. The lowest BCUT2D eigenvalue weighted by Gasteiger charge is -2.39. The van der Waals surface area contributed by atoms with Gasteiger partial charge in [0.25, 0.3) is 0 Å². The van der Waals surface area contributed by atoms with Crippen molar-refractivity contribution >= 4 is 15.9 Å². The zero-order valence-electron chi connectivity index (χ0n) is 12.6. The van der Waals surface area contributed by atoms with Crippen LogP contribution >= 0.6 is 15.9 Å². The molecule has 0 spiro atoms. The van der Waals surface area contributed by atoms with Gasteiger partial charge in [0.05, 0.1) is 14.2 Å². The second-order valence-corrected chi connectivity index (χ2v) is 6.49. The van der Waals surface area contributed by atoms with Crippen LogP contribution in [0.15, 0.2) is 10.5 Å². The predicted octanol–water partition coefficient (Wildman–Crippen LogP) is 3.94. The molecule has 0 radical (unpaired) electrons. The molecule has 4 heteroatoms. The van der Waals surface area contributed by atoms with Crippen LogP contribution in [0.25, 0.3) is 0 Å². The van der Waals surface area contributed by atoms with E-state index >= 15 is 0 Å². The van der Waals surface area contributed by atoms with E-state index in [1.807, 2.05) is 6.07 Å². The Kier molecular flexibility index (Phi) is 4.97. The summed E-state index contributed by atoms with van der Waals surface area (Å²) in [5.41, 5.74) is 8.66. The molecular weight excluding hydrogens is 318 g/mol. The first-order valence-electron chi connectivity index (χ1n) is 7.21. The number of hydrogen-bond donors (Lipinski definition) is 1. The Morgan fingerprint density at radius 1 is 1.20 bits per heavy atom. The Bertz CT molecular complexity index is 482. The van der Waals surface area contributed by atoms with E-state index in [1.165, 1.54) is 30.4 Å². The minimum Gasteiger partial charge on any atom is -0.493 e. The summed E-state index contributed by atoms with van der Waals surface area (Å²) in [6.45, 7) is 2.79. The van der Waals surface area contributed by atoms with Gasteiger partial charge in [-0.2, -0.15) is 0 Å². The third kappa shape index (κ3) is 2.56. The van der Waals surface area contributed by atoms with Crippen molar-refractivity contribution in [3.05, 3.63) is 21.7 Å². The van der Waals surface area contributed by atoms with Crippen molar-refractivity contribution in [1.82, 2.24) is 0 Å². The molecule has 1 fully saturated rings. The highest BCUT2D eigenvalue weighted by Gasteiger charge is 2.38. The Morgan fingerprint density at radius 2 is 1.85 bits per heavy atom. The standard InChI is InChI=1S/C16H24BrNO2/c1-11-12(17)9-13(19-2)15(20-3)14(11)16(10-18)7-5-4-6-8-16/h9H,4-8,10,18H2,1-3H3. The van der Waals surface area contributed by atoms with E-state index in [4.69, 9.17) is 15.2 Å². The monoisotopic (exact) mass is 341 g/mol. The quantitative estimate of drug-likeness (QED) is 0.902. The maximum atomic E-state index is 6.19. The molecule has 1 aliphatic carbocycles. The molecule has 20 heavy (non-hydrogen) atoms. The van der Waals surface area contributed by atoms with Crippen LogP contribution in [0.5, 0.6) is 11.5 Å². The van der Waals surface area contributed by atoms with Crippen molar-refractivity contribution in [1.29, 1.82) is 0 Å². The number of benzene rings is 1. The molecule has 1 saturated carbocycles. The lowest BCUT2D eigenvalue weighted by atomic mass is 9.68. The molecule has 0 atom stereocenters. The summed E-state index contributed by atoms with van der Waals surface area (Å²) < 4.78 is 12.2. The largest absolute Gasteiger partial charge is 0.493 e. The molecule has 0 saturated heterocycles. The Hall–Kier alpha value is -0.740. The Morgan fingerprint density at radius 3 is 2.35 bits per heavy atom. The summed E-state index contributed by atoms with van der Waals surface area (Å²) in [5, 5.41) is 0. The van der Waals surface area contributed by atoms with Gasteiger partial charge in [-0.15, -0.1) is 0 Å². The van der Waals surface area contributed by atoms with Crippen LogP contribution in [0.1, 0.15) is 43.2 Å². The number of nitrogens with two attached hydrogens (primary N) is 1. The average Bonchev–Trinajstić information content (AvgIpc) is 2.49. The molecule has 3 nitrogen and oxygen atoms in total. The third-order valence-electron chi connectivity index (χ3n) is 4.60. The minimum absolute atomic E-state index is 0.0186. The van der Waals surface area contributed by atoms with Crippen LogP contribution in [-0.2, 0) is 5.41 Å². The second-order valence-electron chi connectivity index (χ2n) is 5.64. The van der Waals surface area contributed by atoms with Crippen LogP contribution in [0.4, 0.5) is 0 Å². The van der Waals surface area contributed by atoms with Crippen molar-refractivity contribution in [3.63, 3.8) is 0 Å². The van der Waals surface area contributed by atoms with Crippen LogP contribution in [0.2, 0.25) is 0 Å². The fourth-order valence-corrected chi connectivity index (χ4v) is 3.89. The van der Waals surface area contributed by atoms with E-state index < -0.39 is 0 Å². The fraction of sp³-hybridized carbons (Fsp3) is 0.625. The first-order valence-corrected chi connectivity index (χ1v) is 8.00. The molecule has 1 aliphatic rings. The van der Waals surface area contributed by atoms with Gasteiger partial charge in [-0.05, 0) is 31.4 Å². The SMILES string of the molecule is COc1cc(Br)c(C)c(C2(CN)CCCCC2)c1OC. The van der Waals surface area contributed by atoms with Crippen LogP contribution in [0, 0.1) is 6.92 Å². The summed E-state index contributed by atoms with van der Waals surface area (Å²) in [6, 6.07) is 1.98. The summed E-state index contributed by atoms with van der Waals surface area (Å²) in [7, 11) is 3.39. The van der Waals surface area contributed by atoms with Gasteiger partial charge in [-0.25, -0.2) is 0 Å². The smallest absolute Gasteiger partial charge is 0.164 e. The molecule has 0 bridgehead atoms. The third-order valence-corrected chi connectivity index (χ3v) is 5.42. The molecule has 0 unspecified atom stereocenters. The number of hydrogen-bond acceptors (Lipinski definition) is 3. The van der Waals surface area contributed by atoms with E-state index in [1.54, 1.807) is 14.2 Å². The maximum absolute atomic E-state index is 6.19. The molecule has 0 amide bonds. The zero-order valence-corrected chi connectivity index (χ0v) is 14.2. The van der Waals surface area contributed by atoms with Gasteiger partial charge in [-0.1, -0.05) is 35.2 Å². The van der Waals surface area contributed by atoms with Gasteiger partial charge >= 0.3 is 0 Å². The predicted molar refractivity (Wildman–Crippen MR) is 85.8 cm³/mol. The lowest BCUT2D eigenvalue weighted by Crippen LogP contribution is -2.38.